The minimum atomic E-state index is -3.92. The quantitative estimate of drug-likeness (QED) is 0.751. The lowest BCUT2D eigenvalue weighted by Crippen LogP contribution is -2.41. The molecule has 0 unspecified atom stereocenters. The summed E-state index contributed by atoms with van der Waals surface area (Å²) in [7, 11) is -3.92. The standard InChI is InChI=1S/C21H26FN3O3S/c1-16(24-29(27,28)20-12-6-17(22)7-13-20)21(26)23-18-8-10-19(11-9-18)25-14-4-2-3-5-15-25/h6-13,16,24H,2-5,14-15H2,1H3,(H,23,26)/t16-/m0/s1. The third kappa shape index (κ3) is 5.77. The van der Waals surface area contributed by atoms with Crippen LogP contribution >= 0.6 is 0 Å². The molecule has 3 rings (SSSR count). The number of halogens is 1. The molecule has 0 saturated carbocycles. The fraction of sp³-hybridized carbons (Fsp3) is 0.381. The number of rotatable bonds is 6. The van der Waals surface area contributed by atoms with Crippen LogP contribution in [0.2, 0.25) is 0 Å². The summed E-state index contributed by atoms with van der Waals surface area (Å²) in [5, 5.41) is 2.72. The molecule has 1 amide bonds. The maximum absolute atomic E-state index is 13.0. The van der Waals surface area contributed by atoms with Crippen molar-refractivity contribution in [3.8, 4) is 0 Å². The smallest absolute Gasteiger partial charge is 0.242 e. The van der Waals surface area contributed by atoms with Gasteiger partial charge < -0.3 is 10.2 Å². The molecular formula is C21H26FN3O3S. The summed E-state index contributed by atoms with van der Waals surface area (Å²) in [5.41, 5.74) is 1.72. The molecule has 0 radical (unpaired) electrons. The topological polar surface area (TPSA) is 78.5 Å². The third-order valence-electron chi connectivity index (χ3n) is 4.96. The van der Waals surface area contributed by atoms with E-state index in [9.17, 15) is 17.6 Å². The lowest BCUT2D eigenvalue weighted by molar-refractivity contribution is -0.117. The van der Waals surface area contributed by atoms with Crippen LogP contribution in [0.15, 0.2) is 53.4 Å². The molecule has 1 atom stereocenters. The molecule has 1 aliphatic heterocycles. The summed E-state index contributed by atoms with van der Waals surface area (Å²) in [6.45, 7) is 3.53. The Morgan fingerprint density at radius 1 is 0.966 bits per heavy atom. The Bertz CT molecular complexity index is 923. The number of sulfonamides is 1. The van der Waals surface area contributed by atoms with Gasteiger partial charge in [-0.25, -0.2) is 12.8 Å². The normalized spacial score (nSPS) is 16.1. The largest absolute Gasteiger partial charge is 0.372 e. The van der Waals surface area contributed by atoms with Crippen LogP contribution in [0.4, 0.5) is 15.8 Å². The fourth-order valence-corrected chi connectivity index (χ4v) is 4.51. The van der Waals surface area contributed by atoms with Crippen LogP contribution in [0.5, 0.6) is 0 Å². The number of benzene rings is 2. The van der Waals surface area contributed by atoms with E-state index in [1.54, 1.807) is 0 Å². The van der Waals surface area contributed by atoms with Crippen molar-refractivity contribution in [3.63, 3.8) is 0 Å². The zero-order valence-corrected chi connectivity index (χ0v) is 17.2. The number of hydrogen-bond acceptors (Lipinski definition) is 4. The first-order valence-electron chi connectivity index (χ1n) is 9.79. The van der Waals surface area contributed by atoms with Crippen LogP contribution in [-0.2, 0) is 14.8 Å². The van der Waals surface area contributed by atoms with Gasteiger partial charge in [0.2, 0.25) is 15.9 Å². The van der Waals surface area contributed by atoms with Gasteiger partial charge >= 0.3 is 0 Å². The second-order valence-electron chi connectivity index (χ2n) is 7.23. The summed E-state index contributed by atoms with van der Waals surface area (Å²) in [6, 6.07) is 11.0. The van der Waals surface area contributed by atoms with Gasteiger partial charge in [-0.3, -0.25) is 4.79 Å². The molecule has 1 aliphatic rings. The van der Waals surface area contributed by atoms with Gasteiger partial charge in [0.05, 0.1) is 10.9 Å². The number of nitrogens with zero attached hydrogens (tertiary/aromatic N) is 1. The second-order valence-corrected chi connectivity index (χ2v) is 8.95. The predicted molar refractivity (Wildman–Crippen MR) is 112 cm³/mol. The third-order valence-corrected chi connectivity index (χ3v) is 6.51. The fourth-order valence-electron chi connectivity index (χ4n) is 3.30. The minimum Gasteiger partial charge on any atom is -0.372 e. The summed E-state index contributed by atoms with van der Waals surface area (Å²) >= 11 is 0. The highest BCUT2D eigenvalue weighted by molar-refractivity contribution is 7.89. The summed E-state index contributed by atoms with van der Waals surface area (Å²) in [6.07, 6.45) is 4.89. The molecule has 0 spiro atoms. The number of carbonyl (C=O) groups excluding carboxylic acids is 1. The van der Waals surface area contributed by atoms with Crippen molar-refractivity contribution in [2.45, 2.75) is 43.5 Å². The van der Waals surface area contributed by atoms with Crippen LogP contribution in [0.25, 0.3) is 0 Å². The van der Waals surface area contributed by atoms with Gasteiger partial charge in [0.15, 0.2) is 0 Å². The zero-order valence-electron chi connectivity index (χ0n) is 16.4. The van der Waals surface area contributed by atoms with Gasteiger partial charge in [0.25, 0.3) is 0 Å². The molecule has 0 aromatic heterocycles. The van der Waals surface area contributed by atoms with Crippen molar-refractivity contribution in [2.75, 3.05) is 23.3 Å². The summed E-state index contributed by atoms with van der Waals surface area (Å²) < 4.78 is 40.0. The molecule has 1 fully saturated rings. The van der Waals surface area contributed by atoms with E-state index in [0.29, 0.717) is 5.69 Å². The van der Waals surface area contributed by atoms with Crippen molar-refractivity contribution in [1.82, 2.24) is 4.72 Å². The van der Waals surface area contributed by atoms with Crippen molar-refractivity contribution in [1.29, 1.82) is 0 Å². The maximum Gasteiger partial charge on any atom is 0.242 e. The number of hydrogen-bond donors (Lipinski definition) is 2. The Balaban J connectivity index is 1.59. The molecule has 1 heterocycles. The highest BCUT2D eigenvalue weighted by atomic mass is 32.2. The minimum absolute atomic E-state index is 0.0969. The monoisotopic (exact) mass is 419 g/mol. The van der Waals surface area contributed by atoms with Crippen LogP contribution in [0.3, 0.4) is 0 Å². The van der Waals surface area contributed by atoms with Gasteiger partial charge in [0.1, 0.15) is 5.82 Å². The number of nitrogens with one attached hydrogen (secondary N) is 2. The molecular weight excluding hydrogens is 393 g/mol. The number of carbonyl (C=O) groups is 1. The molecule has 2 N–H and O–H groups in total. The van der Waals surface area contributed by atoms with Crippen LogP contribution in [0, 0.1) is 5.82 Å². The number of amides is 1. The Kier molecular flexibility index (Phi) is 6.87. The van der Waals surface area contributed by atoms with Gasteiger partial charge in [-0.2, -0.15) is 4.72 Å². The highest BCUT2D eigenvalue weighted by Gasteiger charge is 2.22. The van der Waals surface area contributed by atoms with E-state index < -0.39 is 27.8 Å². The molecule has 0 aliphatic carbocycles. The Labute approximate surface area is 171 Å². The average molecular weight is 420 g/mol. The van der Waals surface area contributed by atoms with Crippen molar-refractivity contribution in [3.05, 3.63) is 54.3 Å². The average Bonchev–Trinajstić information content (AvgIpc) is 2.98. The first kappa shape index (κ1) is 21.3. The van der Waals surface area contributed by atoms with E-state index in [-0.39, 0.29) is 4.90 Å². The van der Waals surface area contributed by atoms with Gasteiger partial charge in [-0.05, 0) is 68.3 Å². The van der Waals surface area contributed by atoms with E-state index in [1.807, 2.05) is 24.3 Å². The van der Waals surface area contributed by atoms with Crippen LogP contribution in [0.1, 0.15) is 32.6 Å². The summed E-state index contributed by atoms with van der Waals surface area (Å²) in [5.74, 6) is -1.00. The summed E-state index contributed by atoms with van der Waals surface area (Å²) in [4.78, 5) is 14.6. The first-order chi connectivity index (χ1) is 13.8. The zero-order chi connectivity index (χ0) is 20.9. The van der Waals surface area contributed by atoms with E-state index in [2.05, 4.69) is 14.9 Å². The maximum atomic E-state index is 13.0. The molecule has 6 nitrogen and oxygen atoms in total. The van der Waals surface area contributed by atoms with Crippen molar-refractivity contribution < 1.29 is 17.6 Å². The Hall–Kier alpha value is -2.45. The molecule has 2 aromatic rings. The predicted octanol–water partition coefficient (Wildman–Crippen LogP) is 3.51. The highest BCUT2D eigenvalue weighted by Crippen LogP contribution is 2.21. The van der Waals surface area contributed by atoms with E-state index >= 15 is 0 Å². The van der Waals surface area contributed by atoms with Gasteiger partial charge in [0, 0.05) is 24.5 Å². The van der Waals surface area contributed by atoms with Crippen LogP contribution in [-0.4, -0.2) is 33.5 Å². The van der Waals surface area contributed by atoms with Crippen molar-refractivity contribution in [2.24, 2.45) is 0 Å². The molecule has 1 saturated heterocycles. The Morgan fingerprint density at radius 3 is 2.14 bits per heavy atom. The molecule has 2 aromatic carbocycles. The van der Waals surface area contributed by atoms with Gasteiger partial charge in [-0.1, -0.05) is 12.8 Å². The molecule has 156 valence electrons. The lowest BCUT2D eigenvalue weighted by Gasteiger charge is -2.23. The van der Waals surface area contributed by atoms with E-state index in [0.717, 1.165) is 43.0 Å². The molecule has 0 bridgehead atoms. The molecule has 8 heteroatoms. The number of anilines is 2. The lowest BCUT2D eigenvalue weighted by atomic mass is 10.2. The second kappa shape index (κ2) is 9.37. The first-order valence-corrected chi connectivity index (χ1v) is 11.3. The van der Waals surface area contributed by atoms with Crippen LogP contribution < -0.4 is 14.9 Å². The van der Waals surface area contributed by atoms with Gasteiger partial charge in [-0.15, -0.1) is 0 Å². The van der Waals surface area contributed by atoms with E-state index in [4.69, 9.17) is 0 Å². The van der Waals surface area contributed by atoms with Crippen molar-refractivity contribution >= 4 is 27.3 Å². The van der Waals surface area contributed by atoms with E-state index in [1.165, 1.54) is 32.6 Å². The Morgan fingerprint density at radius 2 is 1.55 bits per heavy atom. The molecule has 29 heavy (non-hydrogen) atoms. The SMILES string of the molecule is C[C@H](NS(=O)(=O)c1ccc(F)cc1)C(=O)Nc1ccc(N2CCCCCC2)cc1.